The van der Waals surface area contributed by atoms with Gasteiger partial charge < -0.3 is 15.2 Å². The van der Waals surface area contributed by atoms with Gasteiger partial charge in [-0.1, -0.05) is 13.8 Å². The van der Waals surface area contributed by atoms with Gasteiger partial charge in [0.25, 0.3) is 0 Å². The number of ether oxygens (including phenoxy) is 2. The fourth-order valence-corrected chi connectivity index (χ4v) is 3.07. The fourth-order valence-electron chi connectivity index (χ4n) is 3.07. The zero-order valence-electron chi connectivity index (χ0n) is 11.9. The van der Waals surface area contributed by atoms with E-state index in [0.717, 1.165) is 6.54 Å². The Kier molecular flexibility index (Phi) is 5.38. The predicted octanol–water partition coefficient (Wildman–Crippen LogP) is 1.44. The molecule has 102 valence electrons. The molecule has 0 amide bonds. The van der Waals surface area contributed by atoms with E-state index < -0.39 is 0 Å². The number of nitrogens with zero attached hydrogens (tertiary/aromatic N) is 1. The Morgan fingerprint density at radius 2 is 1.94 bits per heavy atom. The van der Waals surface area contributed by atoms with Gasteiger partial charge in [-0.2, -0.15) is 0 Å². The highest BCUT2D eigenvalue weighted by Crippen LogP contribution is 2.33. The van der Waals surface area contributed by atoms with Crippen molar-refractivity contribution in [1.29, 1.82) is 0 Å². The van der Waals surface area contributed by atoms with Crippen LogP contribution in [0.25, 0.3) is 0 Å². The average molecular weight is 244 g/mol. The Balaban J connectivity index is 2.91. The second kappa shape index (κ2) is 6.14. The zero-order valence-corrected chi connectivity index (χ0v) is 11.9. The molecule has 0 aromatic carbocycles. The average Bonchev–Trinajstić information content (AvgIpc) is 2.79. The van der Waals surface area contributed by atoms with Crippen LogP contribution < -0.4 is 5.73 Å². The van der Waals surface area contributed by atoms with Crippen LogP contribution in [-0.4, -0.2) is 50.1 Å². The van der Waals surface area contributed by atoms with Crippen LogP contribution in [-0.2, 0) is 9.47 Å². The highest BCUT2D eigenvalue weighted by atomic mass is 16.7. The third kappa shape index (κ3) is 2.81. The molecule has 0 radical (unpaired) electrons. The minimum absolute atomic E-state index is 0.241. The van der Waals surface area contributed by atoms with Crippen molar-refractivity contribution in [2.45, 2.75) is 51.5 Å². The van der Waals surface area contributed by atoms with E-state index >= 15 is 0 Å². The molecule has 0 bridgehead atoms. The van der Waals surface area contributed by atoms with Crippen molar-refractivity contribution in [2.24, 2.45) is 11.7 Å². The molecule has 4 nitrogen and oxygen atoms in total. The smallest absolute Gasteiger partial charge is 0.176 e. The Bertz CT molecular complexity index is 231. The lowest BCUT2D eigenvalue weighted by Gasteiger charge is -2.46. The Labute approximate surface area is 105 Å². The largest absolute Gasteiger partial charge is 0.354 e. The summed E-state index contributed by atoms with van der Waals surface area (Å²) in [6.45, 7) is 8.32. The lowest BCUT2D eigenvalue weighted by atomic mass is 9.93. The van der Waals surface area contributed by atoms with Crippen LogP contribution in [0.5, 0.6) is 0 Å². The minimum atomic E-state index is -0.271. The van der Waals surface area contributed by atoms with Gasteiger partial charge in [0.1, 0.15) is 0 Å². The summed E-state index contributed by atoms with van der Waals surface area (Å²) in [4.78, 5) is 2.48. The van der Waals surface area contributed by atoms with Crippen LogP contribution in [0.4, 0.5) is 0 Å². The molecule has 1 aliphatic heterocycles. The fraction of sp³-hybridized carbons (Fsp3) is 1.00. The molecule has 0 aliphatic carbocycles. The van der Waals surface area contributed by atoms with Gasteiger partial charge in [-0.15, -0.1) is 0 Å². The van der Waals surface area contributed by atoms with E-state index in [0.29, 0.717) is 18.5 Å². The molecule has 4 heteroatoms. The van der Waals surface area contributed by atoms with Gasteiger partial charge in [-0.05, 0) is 32.2 Å². The lowest BCUT2D eigenvalue weighted by Crippen LogP contribution is -2.62. The van der Waals surface area contributed by atoms with Gasteiger partial charge in [-0.25, -0.2) is 0 Å². The quantitative estimate of drug-likeness (QED) is 0.718. The monoisotopic (exact) mass is 244 g/mol. The first-order valence-electron chi connectivity index (χ1n) is 6.53. The molecule has 1 heterocycles. The van der Waals surface area contributed by atoms with Crippen molar-refractivity contribution in [3.63, 3.8) is 0 Å². The summed E-state index contributed by atoms with van der Waals surface area (Å²) in [6.07, 6.45) is 2.21. The van der Waals surface area contributed by atoms with Crippen LogP contribution in [0.3, 0.4) is 0 Å². The van der Waals surface area contributed by atoms with Crippen molar-refractivity contribution >= 4 is 0 Å². The Morgan fingerprint density at radius 1 is 1.35 bits per heavy atom. The molecule has 0 spiro atoms. The third-order valence-electron chi connectivity index (χ3n) is 4.07. The van der Waals surface area contributed by atoms with Crippen molar-refractivity contribution in [2.75, 3.05) is 27.3 Å². The van der Waals surface area contributed by atoms with E-state index in [2.05, 4.69) is 25.7 Å². The molecule has 2 atom stereocenters. The first-order valence-corrected chi connectivity index (χ1v) is 6.53. The van der Waals surface area contributed by atoms with Crippen LogP contribution >= 0.6 is 0 Å². The van der Waals surface area contributed by atoms with Crippen molar-refractivity contribution < 1.29 is 9.47 Å². The maximum atomic E-state index is 6.00. The molecule has 0 aromatic heterocycles. The number of methoxy groups -OCH3 is 2. The highest BCUT2D eigenvalue weighted by molar-refractivity contribution is 4.98. The Hall–Kier alpha value is -0.160. The summed E-state index contributed by atoms with van der Waals surface area (Å²) < 4.78 is 10.9. The highest BCUT2D eigenvalue weighted by Gasteiger charge is 2.45. The van der Waals surface area contributed by atoms with Gasteiger partial charge >= 0.3 is 0 Å². The van der Waals surface area contributed by atoms with Gasteiger partial charge in [0.2, 0.25) is 0 Å². The molecule has 2 unspecified atom stereocenters. The summed E-state index contributed by atoms with van der Waals surface area (Å²) in [5.41, 5.74) is 5.76. The van der Waals surface area contributed by atoms with Crippen LogP contribution in [0.15, 0.2) is 0 Å². The first-order chi connectivity index (χ1) is 8.01. The summed E-state index contributed by atoms with van der Waals surface area (Å²) >= 11 is 0. The predicted molar refractivity (Wildman–Crippen MR) is 69.8 cm³/mol. The summed E-state index contributed by atoms with van der Waals surface area (Å²) in [5.74, 6) is 0.637. The summed E-state index contributed by atoms with van der Waals surface area (Å²) in [5, 5.41) is 0. The Morgan fingerprint density at radius 3 is 2.35 bits per heavy atom. The normalized spacial score (nSPS) is 25.8. The topological polar surface area (TPSA) is 47.7 Å². The van der Waals surface area contributed by atoms with Crippen LogP contribution in [0.2, 0.25) is 0 Å². The van der Waals surface area contributed by atoms with E-state index in [9.17, 15) is 0 Å². The van der Waals surface area contributed by atoms with E-state index in [4.69, 9.17) is 15.2 Å². The van der Waals surface area contributed by atoms with Crippen LogP contribution in [0.1, 0.15) is 33.6 Å². The third-order valence-corrected chi connectivity index (χ3v) is 4.07. The van der Waals surface area contributed by atoms with Crippen molar-refractivity contribution in [3.05, 3.63) is 0 Å². The molecule has 1 saturated heterocycles. The molecule has 1 rings (SSSR count). The van der Waals surface area contributed by atoms with Gasteiger partial charge in [0, 0.05) is 26.8 Å². The van der Waals surface area contributed by atoms with Gasteiger partial charge in [-0.3, -0.25) is 4.90 Å². The molecule has 2 N–H and O–H groups in total. The molecule has 1 fully saturated rings. The van der Waals surface area contributed by atoms with E-state index in [1.165, 1.54) is 12.8 Å². The second-order valence-electron chi connectivity index (χ2n) is 5.51. The SMILES string of the molecule is COC(OC)C(C)(CN)N1CCCC1C(C)C. The lowest BCUT2D eigenvalue weighted by molar-refractivity contribution is -0.185. The molecule has 17 heavy (non-hydrogen) atoms. The van der Waals surface area contributed by atoms with Gasteiger partial charge in [0.15, 0.2) is 6.29 Å². The molecule has 1 aliphatic rings. The summed E-state index contributed by atoms with van der Waals surface area (Å²) in [6, 6.07) is 0.580. The standard InChI is InChI=1S/C13H28N2O2/c1-10(2)11-7-6-8-15(11)13(3,9-14)12(16-4)17-5/h10-12H,6-9,14H2,1-5H3. The number of rotatable bonds is 6. The maximum absolute atomic E-state index is 6.00. The van der Waals surface area contributed by atoms with E-state index in [1.807, 2.05) is 0 Å². The van der Waals surface area contributed by atoms with E-state index in [1.54, 1.807) is 14.2 Å². The van der Waals surface area contributed by atoms with Gasteiger partial charge in [0.05, 0.1) is 5.54 Å². The maximum Gasteiger partial charge on any atom is 0.176 e. The molecular formula is C13H28N2O2. The number of nitrogens with two attached hydrogens (primary N) is 1. The van der Waals surface area contributed by atoms with Crippen molar-refractivity contribution in [1.82, 2.24) is 4.90 Å². The summed E-state index contributed by atoms with van der Waals surface area (Å²) in [7, 11) is 3.37. The zero-order chi connectivity index (χ0) is 13.1. The second-order valence-corrected chi connectivity index (χ2v) is 5.51. The number of hydrogen-bond donors (Lipinski definition) is 1. The number of likely N-dealkylation sites (tertiary alicyclic amines) is 1. The molecular weight excluding hydrogens is 216 g/mol. The van der Waals surface area contributed by atoms with Crippen molar-refractivity contribution in [3.8, 4) is 0 Å². The first kappa shape index (κ1) is 14.9. The van der Waals surface area contributed by atoms with Crippen LogP contribution in [0, 0.1) is 5.92 Å². The van der Waals surface area contributed by atoms with E-state index in [-0.39, 0.29) is 11.8 Å². The number of hydrogen-bond acceptors (Lipinski definition) is 4. The molecule has 0 aromatic rings. The molecule has 0 saturated carbocycles. The minimum Gasteiger partial charge on any atom is -0.354 e.